The maximum absolute atomic E-state index is 13.3. The number of nitrogens with one attached hydrogen (secondary N) is 1. The molecule has 3 aromatic carbocycles. The van der Waals surface area contributed by atoms with Crippen molar-refractivity contribution in [2.75, 3.05) is 11.9 Å². The van der Waals surface area contributed by atoms with Crippen molar-refractivity contribution in [2.24, 2.45) is 0 Å². The highest BCUT2D eigenvalue weighted by atomic mass is 35.5. The molecule has 4 rings (SSSR count). The van der Waals surface area contributed by atoms with Gasteiger partial charge in [0.1, 0.15) is 11.5 Å². The average Bonchev–Trinajstić information content (AvgIpc) is 2.98. The van der Waals surface area contributed by atoms with Crippen LogP contribution in [0.4, 0.5) is 10.1 Å². The van der Waals surface area contributed by atoms with Crippen LogP contribution >= 0.6 is 11.6 Å². The molecule has 3 aromatic rings. The summed E-state index contributed by atoms with van der Waals surface area (Å²) < 4.78 is 13.2. The first-order valence-corrected chi connectivity index (χ1v) is 10.2. The minimum absolute atomic E-state index is 0.194. The van der Waals surface area contributed by atoms with Gasteiger partial charge in [-0.15, -0.1) is 0 Å². The first kappa shape index (κ1) is 20.8. The summed E-state index contributed by atoms with van der Waals surface area (Å²) in [7, 11) is 0. The SMILES string of the molecule is Cc1cccc(NC2=C(c3ccc(Cl)cc3)C(=O)N(CCc3ccc(F)cc3)C2=O)c1. The third-order valence-corrected chi connectivity index (χ3v) is 5.38. The van der Waals surface area contributed by atoms with Gasteiger partial charge in [0.15, 0.2) is 0 Å². The lowest BCUT2D eigenvalue weighted by Crippen LogP contribution is -2.34. The molecule has 1 aliphatic rings. The third kappa shape index (κ3) is 4.52. The van der Waals surface area contributed by atoms with Crippen LogP contribution < -0.4 is 5.32 Å². The van der Waals surface area contributed by atoms with E-state index in [9.17, 15) is 14.0 Å². The van der Waals surface area contributed by atoms with E-state index in [4.69, 9.17) is 11.6 Å². The van der Waals surface area contributed by atoms with Gasteiger partial charge in [-0.3, -0.25) is 14.5 Å². The molecule has 2 amide bonds. The minimum atomic E-state index is -0.390. The van der Waals surface area contributed by atoms with Crippen molar-refractivity contribution in [2.45, 2.75) is 13.3 Å². The maximum Gasteiger partial charge on any atom is 0.278 e. The molecule has 1 aliphatic heterocycles. The fourth-order valence-electron chi connectivity index (χ4n) is 3.54. The number of nitrogens with zero attached hydrogens (tertiary/aromatic N) is 1. The Bertz CT molecular complexity index is 1170. The molecule has 0 unspecified atom stereocenters. The normalized spacial score (nSPS) is 13.8. The molecule has 1 N–H and O–H groups in total. The Morgan fingerprint density at radius 2 is 1.65 bits per heavy atom. The smallest absolute Gasteiger partial charge is 0.278 e. The highest BCUT2D eigenvalue weighted by molar-refractivity contribution is 6.36. The van der Waals surface area contributed by atoms with E-state index in [2.05, 4.69) is 5.32 Å². The van der Waals surface area contributed by atoms with Crippen molar-refractivity contribution < 1.29 is 14.0 Å². The zero-order chi connectivity index (χ0) is 22.0. The number of imide groups is 1. The van der Waals surface area contributed by atoms with Gasteiger partial charge >= 0.3 is 0 Å². The van der Waals surface area contributed by atoms with Gasteiger partial charge in [-0.05, 0) is 66.4 Å². The van der Waals surface area contributed by atoms with Crippen molar-refractivity contribution >= 4 is 34.7 Å². The van der Waals surface area contributed by atoms with Gasteiger partial charge in [-0.2, -0.15) is 0 Å². The molecule has 0 atom stereocenters. The molecule has 0 saturated carbocycles. The topological polar surface area (TPSA) is 49.4 Å². The van der Waals surface area contributed by atoms with Crippen LogP contribution in [0, 0.1) is 12.7 Å². The van der Waals surface area contributed by atoms with Crippen molar-refractivity contribution in [3.63, 3.8) is 0 Å². The van der Waals surface area contributed by atoms with Crippen LogP contribution in [0.5, 0.6) is 0 Å². The average molecular weight is 435 g/mol. The molecule has 6 heteroatoms. The maximum atomic E-state index is 13.3. The summed E-state index contributed by atoms with van der Waals surface area (Å²) in [6, 6.07) is 20.5. The van der Waals surface area contributed by atoms with E-state index in [1.165, 1.54) is 17.0 Å². The lowest BCUT2D eigenvalue weighted by molar-refractivity contribution is -0.136. The molecule has 0 radical (unpaired) electrons. The molecular formula is C25H20ClFN2O2. The number of halogens is 2. The van der Waals surface area contributed by atoms with E-state index in [0.717, 1.165) is 16.8 Å². The lowest BCUT2D eigenvalue weighted by Gasteiger charge is -2.15. The van der Waals surface area contributed by atoms with Crippen molar-refractivity contribution in [1.29, 1.82) is 0 Å². The number of carbonyl (C=O) groups excluding carboxylic acids is 2. The predicted octanol–water partition coefficient (Wildman–Crippen LogP) is 5.22. The number of anilines is 1. The first-order valence-electron chi connectivity index (χ1n) is 9.87. The Balaban J connectivity index is 1.65. The number of aryl methyl sites for hydroxylation is 1. The minimum Gasteiger partial charge on any atom is -0.350 e. The van der Waals surface area contributed by atoms with E-state index in [0.29, 0.717) is 22.6 Å². The molecule has 0 aromatic heterocycles. The van der Waals surface area contributed by atoms with E-state index in [1.807, 2.05) is 31.2 Å². The molecular weight excluding hydrogens is 415 g/mol. The summed E-state index contributed by atoms with van der Waals surface area (Å²) in [5.41, 5.74) is 3.75. The number of hydrogen-bond donors (Lipinski definition) is 1. The van der Waals surface area contributed by atoms with Crippen molar-refractivity contribution in [3.05, 3.63) is 106 Å². The summed E-state index contributed by atoms with van der Waals surface area (Å²) >= 11 is 6.00. The molecule has 156 valence electrons. The summed E-state index contributed by atoms with van der Waals surface area (Å²) in [5, 5.41) is 3.69. The lowest BCUT2D eigenvalue weighted by atomic mass is 10.0. The quantitative estimate of drug-likeness (QED) is 0.541. The Morgan fingerprint density at radius 1 is 0.935 bits per heavy atom. The zero-order valence-electron chi connectivity index (χ0n) is 16.9. The third-order valence-electron chi connectivity index (χ3n) is 5.13. The van der Waals surface area contributed by atoms with Crippen LogP contribution in [0.25, 0.3) is 5.57 Å². The standard InChI is InChI=1S/C25H20ClFN2O2/c1-16-3-2-4-21(15-16)28-23-22(18-7-9-19(26)10-8-18)24(30)29(25(23)31)14-13-17-5-11-20(27)12-6-17/h2-12,15,28H,13-14H2,1H3. The second kappa shape index (κ2) is 8.74. The second-order valence-corrected chi connectivity index (χ2v) is 7.83. The molecule has 0 bridgehead atoms. The van der Waals surface area contributed by atoms with Gasteiger partial charge in [-0.25, -0.2) is 4.39 Å². The Labute approximate surface area is 185 Å². The van der Waals surface area contributed by atoms with E-state index in [-0.39, 0.29) is 24.0 Å². The van der Waals surface area contributed by atoms with Gasteiger partial charge in [0.05, 0.1) is 5.57 Å². The second-order valence-electron chi connectivity index (χ2n) is 7.39. The summed E-state index contributed by atoms with van der Waals surface area (Å²) in [6.45, 7) is 2.15. The molecule has 0 spiro atoms. The van der Waals surface area contributed by atoms with Crippen LogP contribution in [-0.4, -0.2) is 23.3 Å². The zero-order valence-corrected chi connectivity index (χ0v) is 17.6. The number of amides is 2. The Morgan fingerprint density at radius 3 is 2.32 bits per heavy atom. The van der Waals surface area contributed by atoms with E-state index in [1.54, 1.807) is 36.4 Å². The molecule has 0 aliphatic carbocycles. The highest BCUT2D eigenvalue weighted by Crippen LogP contribution is 2.31. The molecule has 1 heterocycles. The monoisotopic (exact) mass is 434 g/mol. The first-order chi connectivity index (χ1) is 14.9. The molecule has 0 fully saturated rings. The Hall–Kier alpha value is -3.44. The van der Waals surface area contributed by atoms with Gasteiger partial charge in [0.2, 0.25) is 0 Å². The largest absolute Gasteiger partial charge is 0.350 e. The molecule has 0 saturated heterocycles. The summed E-state index contributed by atoms with van der Waals surface area (Å²) in [4.78, 5) is 27.7. The fraction of sp³-hybridized carbons (Fsp3) is 0.120. The van der Waals surface area contributed by atoms with E-state index >= 15 is 0 Å². The molecule has 4 nitrogen and oxygen atoms in total. The fourth-order valence-corrected chi connectivity index (χ4v) is 3.66. The van der Waals surface area contributed by atoms with E-state index < -0.39 is 5.91 Å². The van der Waals surface area contributed by atoms with Crippen LogP contribution in [0.3, 0.4) is 0 Å². The van der Waals surface area contributed by atoms with Gasteiger partial charge < -0.3 is 5.32 Å². The van der Waals surface area contributed by atoms with Crippen molar-refractivity contribution in [1.82, 2.24) is 4.90 Å². The number of rotatable bonds is 6. The van der Waals surface area contributed by atoms with Gasteiger partial charge in [0.25, 0.3) is 11.8 Å². The molecule has 31 heavy (non-hydrogen) atoms. The van der Waals surface area contributed by atoms with Crippen molar-refractivity contribution in [3.8, 4) is 0 Å². The number of benzene rings is 3. The predicted molar refractivity (Wildman–Crippen MR) is 120 cm³/mol. The highest BCUT2D eigenvalue weighted by Gasteiger charge is 2.38. The van der Waals surface area contributed by atoms with Gasteiger partial charge in [-0.1, -0.05) is 48.0 Å². The van der Waals surface area contributed by atoms with Crippen LogP contribution in [0.1, 0.15) is 16.7 Å². The van der Waals surface area contributed by atoms with Crippen LogP contribution in [-0.2, 0) is 16.0 Å². The summed E-state index contributed by atoms with van der Waals surface area (Å²) in [6.07, 6.45) is 0.434. The van der Waals surface area contributed by atoms with Crippen LogP contribution in [0.2, 0.25) is 5.02 Å². The Kier molecular flexibility index (Phi) is 5.87. The van der Waals surface area contributed by atoms with Crippen LogP contribution in [0.15, 0.2) is 78.5 Å². The summed E-state index contributed by atoms with van der Waals surface area (Å²) in [5.74, 6) is -1.09. The van der Waals surface area contributed by atoms with Gasteiger partial charge in [0, 0.05) is 17.3 Å². The number of hydrogen-bond acceptors (Lipinski definition) is 3. The number of carbonyl (C=O) groups is 2.